The highest BCUT2D eigenvalue weighted by Gasteiger charge is 1.69. The van der Waals surface area contributed by atoms with Crippen LogP contribution in [-0.2, 0) is 4.79 Å². The fraction of sp³-hybridized carbons (Fsp3) is 0.250. The van der Waals surface area contributed by atoms with Gasteiger partial charge in [0.2, 0.25) is 5.91 Å². The van der Waals surface area contributed by atoms with Crippen molar-refractivity contribution in [3.63, 3.8) is 0 Å². The van der Waals surface area contributed by atoms with Gasteiger partial charge in [0.25, 0.3) is 0 Å². The Hall–Kier alpha value is -0.210. The van der Waals surface area contributed by atoms with E-state index in [9.17, 15) is 4.79 Å². The maximum Gasteiger partial charge on any atom is 0.240 e. The van der Waals surface area contributed by atoms with Crippen molar-refractivity contribution in [1.82, 2.24) is 0 Å². The summed E-state index contributed by atoms with van der Waals surface area (Å²) in [5.41, 5.74) is 4.53. The monoisotopic (exact) mass is 155 g/mol. The molecule has 0 aromatic heterocycles. The van der Waals surface area contributed by atoms with Crippen LogP contribution in [0.1, 0.15) is 0 Å². The molecule has 4 heteroatoms. The van der Waals surface area contributed by atoms with E-state index in [4.69, 9.17) is 23.2 Å². The molecule has 0 saturated heterocycles. The smallest absolute Gasteiger partial charge is 0.240 e. The number of hydrogen-bond acceptors (Lipinski definition) is 1. The van der Waals surface area contributed by atoms with E-state index in [-0.39, 0.29) is 5.34 Å². The number of amides is 1. The van der Waals surface area contributed by atoms with Gasteiger partial charge in [-0.2, -0.15) is 0 Å². The van der Waals surface area contributed by atoms with Gasteiger partial charge in [0.1, 0.15) is 0 Å². The van der Waals surface area contributed by atoms with Crippen LogP contribution in [0.2, 0.25) is 0 Å². The lowest BCUT2D eigenvalue weighted by Gasteiger charge is -1.65. The van der Waals surface area contributed by atoms with E-state index in [1.807, 2.05) is 0 Å². The summed E-state index contributed by atoms with van der Waals surface area (Å²) in [4.78, 5) is 9.47. The summed E-state index contributed by atoms with van der Waals surface area (Å²) in [6, 6.07) is 0. The van der Waals surface area contributed by atoms with Crippen molar-refractivity contribution in [3.05, 3.63) is 12.7 Å². The zero-order valence-electron chi connectivity index (χ0n) is 4.23. The summed E-state index contributed by atoms with van der Waals surface area (Å²) in [6.07, 6.45) is 1.06. The molecule has 0 aliphatic carbocycles. The predicted molar refractivity (Wildman–Crippen MR) is 36.0 cm³/mol. The number of carbonyl (C=O) groups is 1. The third-order valence-electron chi connectivity index (χ3n) is 0.201. The van der Waals surface area contributed by atoms with Crippen molar-refractivity contribution < 1.29 is 4.79 Å². The van der Waals surface area contributed by atoms with Gasteiger partial charge in [0, 0.05) is 0 Å². The fourth-order valence-corrected chi connectivity index (χ4v) is 0. The van der Waals surface area contributed by atoms with Gasteiger partial charge in [-0.1, -0.05) is 6.58 Å². The van der Waals surface area contributed by atoms with Crippen LogP contribution in [0.25, 0.3) is 0 Å². The minimum Gasteiger partial charge on any atom is -0.366 e. The van der Waals surface area contributed by atoms with Crippen molar-refractivity contribution in [1.29, 1.82) is 0 Å². The molecular weight excluding hydrogens is 149 g/mol. The van der Waals surface area contributed by atoms with Crippen LogP contribution in [0.15, 0.2) is 12.7 Å². The molecule has 0 atom stereocenters. The molecule has 0 aliphatic rings. The van der Waals surface area contributed by atoms with Crippen LogP contribution in [0.3, 0.4) is 0 Å². The van der Waals surface area contributed by atoms with Gasteiger partial charge in [-0.3, -0.25) is 4.79 Å². The van der Waals surface area contributed by atoms with Crippen molar-refractivity contribution in [3.8, 4) is 0 Å². The van der Waals surface area contributed by atoms with Gasteiger partial charge in [-0.05, 0) is 6.08 Å². The molecule has 0 saturated carbocycles. The summed E-state index contributed by atoms with van der Waals surface area (Å²) in [5, 5.41) is 0.194. The summed E-state index contributed by atoms with van der Waals surface area (Å²) in [6.45, 7) is 3.09. The first-order valence-corrected chi connectivity index (χ1v) is 2.79. The third-order valence-corrected chi connectivity index (χ3v) is 0.201. The van der Waals surface area contributed by atoms with Crippen LogP contribution in [0, 0.1) is 0 Å². The largest absolute Gasteiger partial charge is 0.366 e. The van der Waals surface area contributed by atoms with Crippen LogP contribution in [-0.4, -0.2) is 11.2 Å². The van der Waals surface area contributed by atoms with E-state index in [2.05, 4.69) is 12.3 Å². The molecule has 48 valence electrons. The van der Waals surface area contributed by atoms with E-state index in [1.54, 1.807) is 0 Å². The Balaban J connectivity index is 0. The second kappa shape index (κ2) is 9.92. The highest BCUT2D eigenvalue weighted by atomic mass is 35.5. The number of nitrogens with two attached hydrogens (primary N) is 1. The Bertz CT molecular complexity index is 74.4. The maximum absolute atomic E-state index is 9.47. The molecule has 2 nitrogen and oxygen atoms in total. The van der Waals surface area contributed by atoms with Crippen molar-refractivity contribution >= 4 is 29.1 Å². The normalized spacial score (nSPS) is 6.25. The number of carbonyl (C=O) groups excluding carboxylic acids is 1. The SMILES string of the molecule is C=CC(N)=O.ClCCl. The van der Waals surface area contributed by atoms with Crippen LogP contribution in [0.5, 0.6) is 0 Å². The third kappa shape index (κ3) is 41.5. The molecule has 2 N–H and O–H groups in total. The minimum absolute atomic E-state index is 0.194. The second-order valence-corrected chi connectivity index (χ2v) is 1.52. The summed E-state index contributed by atoms with van der Waals surface area (Å²) < 4.78 is 0. The average molecular weight is 156 g/mol. The van der Waals surface area contributed by atoms with Gasteiger partial charge in [-0.25, -0.2) is 0 Å². The van der Waals surface area contributed by atoms with Gasteiger partial charge in [0.05, 0.1) is 5.34 Å². The number of primary amides is 1. The molecule has 0 bridgehead atoms. The van der Waals surface area contributed by atoms with Crippen LogP contribution >= 0.6 is 23.2 Å². The standard InChI is InChI=1S/C3H5NO.CH2Cl2/c1-2-3(4)5;2-1-3/h2H,1H2,(H2,4,5);1H2. The van der Waals surface area contributed by atoms with Gasteiger partial charge in [-0.15, -0.1) is 23.2 Å². The average Bonchev–Trinajstić information content (AvgIpc) is 1.69. The first-order chi connectivity index (χ1) is 3.68. The Morgan fingerprint density at radius 2 is 1.88 bits per heavy atom. The molecule has 0 aliphatic heterocycles. The number of alkyl halides is 2. The zero-order valence-corrected chi connectivity index (χ0v) is 5.74. The predicted octanol–water partition coefficient (Wildman–Crippen LogP) is 1.08. The fourth-order valence-electron chi connectivity index (χ4n) is 0. The van der Waals surface area contributed by atoms with E-state index >= 15 is 0 Å². The zero-order chi connectivity index (χ0) is 6.99. The molecule has 0 fully saturated rings. The van der Waals surface area contributed by atoms with E-state index < -0.39 is 5.91 Å². The van der Waals surface area contributed by atoms with Gasteiger partial charge < -0.3 is 5.73 Å². The molecule has 0 heterocycles. The Labute approximate surface area is 58.3 Å². The summed E-state index contributed by atoms with van der Waals surface area (Å²) in [5.74, 6) is -0.481. The van der Waals surface area contributed by atoms with Gasteiger partial charge >= 0.3 is 0 Å². The Morgan fingerprint density at radius 1 is 1.75 bits per heavy atom. The highest BCUT2D eigenvalue weighted by molar-refractivity contribution is 6.40. The Kier molecular flexibility index (Phi) is 13.3. The van der Waals surface area contributed by atoms with Crippen molar-refractivity contribution in [2.24, 2.45) is 5.73 Å². The number of rotatable bonds is 1. The van der Waals surface area contributed by atoms with E-state index in [0.29, 0.717) is 0 Å². The van der Waals surface area contributed by atoms with Crippen LogP contribution < -0.4 is 5.73 Å². The Morgan fingerprint density at radius 3 is 1.88 bits per heavy atom. The first kappa shape index (κ1) is 10.7. The minimum atomic E-state index is -0.481. The molecule has 0 unspecified atom stereocenters. The summed E-state index contributed by atoms with van der Waals surface area (Å²) in [7, 11) is 0. The number of halogens is 2. The van der Waals surface area contributed by atoms with Crippen LogP contribution in [0.4, 0.5) is 0 Å². The molecular formula is C4H7Cl2NO. The van der Waals surface area contributed by atoms with Gasteiger partial charge in [0.15, 0.2) is 0 Å². The van der Waals surface area contributed by atoms with E-state index in [0.717, 1.165) is 6.08 Å². The molecule has 0 radical (unpaired) electrons. The molecule has 0 aromatic carbocycles. The maximum atomic E-state index is 9.47. The van der Waals surface area contributed by atoms with Crippen molar-refractivity contribution in [2.75, 3.05) is 5.34 Å². The molecule has 0 spiro atoms. The lowest BCUT2D eigenvalue weighted by molar-refractivity contribution is -0.113. The lowest BCUT2D eigenvalue weighted by Crippen LogP contribution is -2.04. The van der Waals surface area contributed by atoms with Crippen molar-refractivity contribution in [2.45, 2.75) is 0 Å². The highest BCUT2D eigenvalue weighted by Crippen LogP contribution is 1.73. The molecule has 1 amide bonds. The molecule has 8 heavy (non-hydrogen) atoms. The quantitative estimate of drug-likeness (QED) is 0.448. The lowest BCUT2D eigenvalue weighted by atomic mass is 10.6. The number of hydrogen-bond donors (Lipinski definition) is 1. The van der Waals surface area contributed by atoms with E-state index in [1.165, 1.54) is 0 Å². The topological polar surface area (TPSA) is 43.1 Å². The summed E-state index contributed by atoms with van der Waals surface area (Å²) >= 11 is 9.53. The second-order valence-electron chi connectivity index (χ2n) is 0.708. The molecule has 0 aromatic rings. The molecule has 0 rings (SSSR count). The first-order valence-electron chi connectivity index (χ1n) is 1.72.